The van der Waals surface area contributed by atoms with Crippen LogP contribution in [0.25, 0.3) is 55.6 Å². The molecule has 0 aliphatic rings. The van der Waals surface area contributed by atoms with Crippen LogP contribution in [0.15, 0.2) is 79.5 Å². The number of hydrogen-bond donors (Lipinski definition) is 3. The number of hydrogen-bond acceptors (Lipinski definition) is 5. The fourth-order valence-electron chi connectivity index (χ4n) is 4.44. The van der Waals surface area contributed by atoms with Crippen LogP contribution in [0.3, 0.4) is 0 Å². The van der Waals surface area contributed by atoms with Crippen LogP contribution >= 0.6 is 0 Å². The van der Waals surface area contributed by atoms with E-state index < -0.39 is 0 Å². The lowest BCUT2D eigenvalue weighted by Crippen LogP contribution is -2.10. The molecule has 1 amide bonds. The molecule has 8 nitrogen and oxygen atoms in total. The van der Waals surface area contributed by atoms with Gasteiger partial charge in [0.2, 0.25) is 5.91 Å². The van der Waals surface area contributed by atoms with Crippen LogP contribution in [0.1, 0.15) is 19.8 Å². The highest BCUT2D eigenvalue weighted by molar-refractivity contribution is 6.01. The van der Waals surface area contributed by atoms with Crippen LogP contribution < -0.4 is 5.32 Å². The van der Waals surface area contributed by atoms with Crippen molar-refractivity contribution in [2.45, 2.75) is 19.8 Å². The topological polar surface area (TPSA) is 112 Å². The molecule has 6 rings (SSSR count). The number of amides is 1. The van der Waals surface area contributed by atoms with E-state index in [1.165, 1.54) is 0 Å². The van der Waals surface area contributed by atoms with Gasteiger partial charge in [0.05, 0.1) is 17.6 Å². The quantitative estimate of drug-likeness (QED) is 0.276. The number of aromatic amines is 2. The number of benzene rings is 1. The van der Waals surface area contributed by atoms with Crippen LogP contribution in [-0.2, 0) is 4.79 Å². The van der Waals surface area contributed by atoms with E-state index in [0.717, 1.165) is 56.4 Å². The summed E-state index contributed by atoms with van der Waals surface area (Å²) in [4.78, 5) is 28.7. The second kappa shape index (κ2) is 9.07. The van der Waals surface area contributed by atoms with Crippen molar-refractivity contribution in [2.75, 3.05) is 5.32 Å². The lowest BCUT2D eigenvalue weighted by atomic mass is 10.0. The first-order chi connectivity index (χ1) is 17.7. The molecule has 8 heteroatoms. The molecule has 3 N–H and O–H groups in total. The molecule has 5 aromatic heterocycles. The van der Waals surface area contributed by atoms with Gasteiger partial charge in [-0.3, -0.25) is 19.9 Å². The first-order valence-corrected chi connectivity index (χ1v) is 11.8. The number of fused-ring (bicyclic) bond motifs is 2. The first-order valence-electron chi connectivity index (χ1n) is 11.8. The number of H-pyrrole nitrogens is 2. The summed E-state index contributed by atoms with van der Waals surface area (Å²) < 4.78 is 0. The molecular formula is C28H23N7O. The molecule has 5 heterocycles. The van der Waals surface area contributed by atoms with Gasteiger partial charge in [0.25, 0.3) is 0 Å². The Kier molecular flexibility index (Phi) is 5.46. The molecule has 0 atom stereocenters. The van der Waals surface area contributed by atoms with Crippen LogP contribution in [0.4, 0.5) is 5.69 Å². The Labute approximate surface area is 206 Å². The van der Waals surface area contributed by atoms with Gasteiger partial charge in [-0.05, 0) is 42.3 Å². The molecule has 36 heavy (non-hydrogen) atoms. The van der Waals surface area contributed by atoms with E-state index >= 15 is 0 Å². The van der Waals surface area contributed by atoms with Crippen molar-refractivity contribution in [1.29, 1.82) is 0 Å². The molecular weight excluding hydrogens is 450 g/mol. The van der Waals surface area contributed by atoms with Gasteiger partial charge in [0.1, 0.15) is 5.69 Å². The maximum atomic E-state index is 12.0. The summed E-state index contributed by atoms with van der Waals surface area (Å²) in [5, 5.41) is 12.5. The van der Waals surface area contributed by atoms with Gasteiger partial charge >= 0.3 is 0 Å². The molecule has 0 radical (unpaired) electrons. The Morgan fingerprint density at radius 1 is 0.917 bits per heavy atom. The van der Waals surface area contributed by atoms with Crippen LogP contribution in [0.5, 0.6) is 0 Å². The highest BCUT2D eigenvalue weighted by Gasteiger charge is 2.15. The van der Waals surface area contributed by atoms with Crippen molar-refractivity contribution in [2.24, 2.45) is 0 Å². The molecule has 0 unspecified atom stereocenters. The molecule has 0 aliphatic carbocycles. The minimum absolute atomic E-state index is 0.0217. The largest absolute Gasteiger partial charge is 0.353 e. The lowest BCUT2D eigenvalue weighted by Gasteiger charge is -2.07. The number of nitrogens with one attached hydrogen (secondary N) is 3. The van der Waals surface area contributed by atoms with E-state index in [-0.39, 0.29) is 5.91 Å². The van der Waals surface area contributed by atoms with Crippen molar-refractivity contribution in [3.8, 4) is 33.6 Å². The van der Waals surface area contributed by atoms with E-state index in [9.17, 15) is 4.79 Å². The molecule has 0 fully saturated rings. The van der Waals surface area contributed by atoms with Crippen LogP contribution in [-0.4, -0.2) is 36.0 Å². The van der Waals surface area contributed by atoms with Gasteiger partial charge in [0.15, 0.2) is 5.65 Å². The van der Waals surface area contributed by atoms with Gasteiger partial charge in [-0.2, -0.15) is 5.10 Å². The van der Waals surface area contributed by atoms with E-state index in [0.29, 0.717) is 17.8 Å². The normalized spacial score (nSPS) is 11.2. The maximum Gasteiger partial charge on any atom is 0.224 e. The van der Waals surface area contributed by atoms with Gasteiger partial charge in [-0.25, -0.2) is 4.98 Å². The zero-order valence-corrected chi connectivity index (χ0v) is 19.6. The number of carbonyl (C=O) groups is 1. The molecule has 176 valence electrons. The number of nitrogens with zero attached hydrogens (tertiary/aromatic N) is 4. The highest BCUT2D eigenvalue weighted by atomic mass is 16.1. The number of pyridine rings is 3. The fourth-order valence-corrected chi connectivity index (χ4v) is 4.44. The molecule has 0 spiro atoms. The molecule has 6 aromatic rings. The summed E-state index contributed by atoms with van der Waals surface area (Å²) in [5.74, 6) is -0.0217. The average Bonchev–Trinajstić information content (AvgIpc) is 3.53. The van der Waals surface area contributed by atoms with Gasteiger partial charge in [-0.1, -0.05) is 25.1 Å². The Balaban J connectivity index is 1.40. The summed E-state index contributed by atoms with van der Waals surface area (Å²) in [7, 11) is 0. The third-order valence-electron chi connectivity index (χ3n) is 6.14. The van der Waals surface area contributed by atoms with Crippen molar-refractivity contribution in [3.05, 3.63) is 79.5 Å². The molecule has 0 aliphatic heterocycles. The minimum Gasteiger partial charge on any atom is -0.353 e. The third kappa shape index (κ3) is 3.98. The molecule has 0 saturated carbocycles. The Morgan fingerprint density at radius 2 is 1.81 bits per heavy atom. The highest BCUT2D eigenvalue weighted by Crippen LogP contribution is 2.34. The minimum atomic E-state index is -0.0217. The van der Waals surface area contributed by atoms with Crippen LogP contribution in [0.2, 0.25) is 0 Å². The predicted molar refractivity (Wildman–Crippen MR) is 141 cm³/mol. The first kappa shape index (κ1) is 21.7. The number of rotatable bonds is 6. The SMILES string of the molecule is CCCC(=O)Nc1cncc(-c2cnc3[nH]nc(-c4cc5c(-c6cccnc6)cccc5[nH]4)c3c2)c1. The van der Waals surface area contributed by atoms with Gasteiger partial charge < -0.3 is 10.3 Å². The second-order valence-corrected chi connectivity index (χ2v) is 8.64. The zero-order chi connectivity index (χ0) is 24.5. The van der Waals surface area contributed by atoms with Gasteiger partial charge in [-0.15, -0.1) is 0 Å². The summed E-state index contributed by atoms with van der Waals surface area (Å²) in [6, 6.07) is 16.3. The van der Waals surface area contributed by atoms with Gasteiger partial charge in [0, 0.05) is 64.2 Å². The molecule has 0 bridgehead atoms. The molecule has 1 aromatic carbocycles. The number of carbonyl (C=O) groups excluding carboxylic acids is 1. The van der Waals surface area contributed by atoms with Crippen molar-refractivity contribution in [3.63, 3.8) is 0 Å². The van der Waals surface area contributed by atoms with Crippen molar-refractivity contribution >= 4 is 33.5 Å². The number of aromatic nitrogens is 6. The summed E-state index contributed by atoms with van der Waals surface area (Å²) in [6.45, 7) is 1.98. The lowest BCUT2D eigenvalue weighted by molar-refractivity contribution is -0.116. The summed E-state index contributed by atoms with van der Waals surface area (Å²) in [6.07, 6.45) is 10.1. The monoisotopic (exact) mass is 473 g/mol. The number of anilines is 1. The Hall–Kier alpha value is -4.85. The summed E-state index contributed by atoms with van der Waals surface area (Å²) in [5.41, 5.74) is 7.97. The molecule has 0 saturated heterocycles. The third-order valence-corrected chi connectivity index (χ3v) is 6.14. The zero-order valence-electron chi connectivity index (χ0n) is 19.6. The van der Waals surface area contributed by atoms with Crippen molar-refractivity contribution in [1.82, 2.24) is 30.1 Å². The van der Waals surface area contributed by atoms with Crippen LogP contribution in [0, 0.1) is 0 Å². The maximum absolute atomic E-state index is 12.0. The van der Waals surface area contributed by atoms with E-state index in [1.807, 2.05) is 37.4 Å². The predicted octanol–water partition coefficient (Wildman–Crippen LogP) is 5.97. The van der Waals surface area contributed by atoms with E-state index in [4.69, 9.17) is 0 Å². The standard InChI is InChI=1S/C28H23N7O/c1-2-5-26(36)32-20-10-18(14-30-16-20)19-11-23-27(34-35-28(23)31-15-19)25-12-22-21(7-3-8-24(22)33-25)17-6-4-9-29-13-17/h3-4,6-16,33H,2,5H2,1H3,(H,32,36)(H,31,34,35). The smallest absolute Gasteiger partial charge is 0.224 e. The summed E-state index contributed by atoms with van der Waals surface area (Å²) >= 11 is 0. The average molecular weight is 474 g/mol. The Morgan fingerprint density at radius 3 is 2.67 bits per heavy atom. The van der Waals surface area contributed by atoms with E-state index in [1.54, 1.807) is 24.8 Å². The second-order valence-electron chi connectivity index (χ2n) is 8.64. The fraction of sp³-hybridized carbons (Fsp3) is 0.107. The Bertz CT molecular complexity index is 1700. The van der Waals surface area contributed by atoms with E-state index in [2.05, 4.69) is 59.7 Å². The van der Waals surface area contributed by atoms with Crippen molar-refractivity contribution < 1.29 is 4.79 Å².